The van der Waals surface area contributed by atoms with Gasteiger partial charge in [0.05, 0.1) is 6.54 Å². The number of carbonyl (C=O) groups excluding carboxylic acids is 2. The van der Waals surface area contributed by atoms with Crippen molar-refractivity contribution < 1.29 is 9.59 Å². The predicted octanol–water partition coefficient (Wildman–Crippen LogP) is 0.879. The van der Waals surface area contributed by atoms with Gasteiger partial charge >= 0.3 is 0 Å². The van der Waals surface area contributed by atoms with Crippen molar-refractivity contribution in [2.45, 2.75) is 32.1 Å². The number of amides is 2. The fraction of sp³-hybridized carbons (Fsp3) is 0.857. The molecule has 1 N–H and O–H groups in total. The molecule has 1 atom stereocenters. The zero-order chi connectivity index (χ0) is 13.7. The molecule has 2 rings (SSSR count). The highest BCUT2D eigenvalue weighted by molar-refractivity contribution is 5.85. The Balaban J connectivity index is 0.00000200. The van der Waals surface area contributed by atoms with E-state index in [9.17, 15) is 9.59 Å². The monoisotopic (exact) mass is 303 g/mol. The van der Waals surface area contributed by atoms with Gasteiger partial charge in [0.2, 0.25) is 11.8 Å². The van der Waals surface area contributed by atoms with E-state index < -0.39 is 0 Å². The van der Waals surface area contributed by atoms with E-state index in [2.05, 4.69) is 5.32 Å². The zero-order valence-corrected chi connectivity index (χ0v) is 13.1. The van der Waals surface area contributed by atoms with Gasteiger partial charge in [0.1, 0.15) is 0 Å². The van der Waals surface area contributed by atoms with E-state index in [1.165, 1.54) is 0 Å². The molecule has 2 saturated heterocycles. The van der Waals surface area contributed by atoms with Crippen LogP contribution in [-0.4, -0.2) is 61.4 Å². The number of halogens is 1. The Hall–Kier alpha value is -0.810. The average Bonchev–Trinajstić information content (AvgIpc) is 2.77. The molecule has 116 valence electrons. The molecule has 0 radical (unpaired) electrons. The third-order valence-corrected chi connectivity index (χ3v) is 4.13. The van der Waals surface area contributed by atoms with Crippen molar-refractivity contribution in [2.75, 3.05) is 39.8 Å². The lowest BCUT2D eigenvalue weighted by Gasteiger charge is -2.24. The van der Waals surface area contributed by atoms with E-state index in [-0.39, 0.29) is 30.8 Å². The second kappa shape index (κ2) is 8.47. The second-order valence-electron chi connectivity index (χ2n) is 5.68. The summed E-state index contributed by atoms with van der Waals surface area (Å²) in [5.74, 6) is 0.833. The largest absolute Gasteiger partial charge is 0.341 e. The Morgan fingerprint density at radius 3 is 2.85 bits per heavy atom. The summed E-state index contributed by atoms with van der Waals surface area (Å²) < 4.78 is 0. The first-order valence-electron chi connectivity index (χ1n) is 7.41. The Bertz CT molecular complexity index is 338. The van der Waals surface area contributed by atoms with Gasteiger partial charge in [-0.3, -0.25) is 9.59 Å². The van der Waals surface area contributed by atoms with Crippen LogP contribution in [0.5, 0.6) is 0 Å². The molecule has 2 fully saturated rings. The maximum absolute atomic E-state index is 12.2. The van der Waals surface area contributed by atoms with Crippen molar-refractivity contribution in [1.29, 1.82) is 0 Å². The summed E-state index contributed by atoms with van der Waals surface area (Å²) in [6.45, 7) is 3.67. The van der Waals surface area contributed by atoms with Crippen LogP contribution in [-0.2, 0) is 9.59 Å². The van der Waals surface area contributed by atoms with Gasteiger partial charge in [-0.1, -0.05) is 6.42 Å². The molecule has 2 aliphatic rings. The van der Waals surface area contributed by atoms with E-state index >= 15 is 0 Å². The van der Waals surface area contributed by atoms with E-state index in [4.69, 9.17) is 0 Å². The topological polar surface area (TPSA) is 52.7 Å². The van der Waals surface area contributed by atoms with Gasteiger partial charge in [0.25, 0.3) is 0 Å². The van der Waals surface area contributed by atoms with Crippen molar-refractivity contribution in [3.63, 3.8) is 0 Å². The van der Waals surface area contributed by atoms with Crippen molar-refractivity contribution in [1.82, 2.24) is 15.1 Å². The summed E-state index contributed by atoms with van der Waals surface area (Å²) in [5.41, 5.74) is 0. The van der Waals surface area contributed by atoms with Gasteiger partial charge in [-0.15, -0.1) is 12.4 Å². The maximum Gasteiger partial charge on any atom is 0.242 e. The predicted molar refractivity (Wildman–Crippen MR) is 80.9 cm³/mol. The summed E-state index contributed by atoms with van der Waals surface area (Å²) in [6, 6.07) is 0. The highest BCUT2D eigenvalue weighted by Gasteiger charge is 2.28. The molecule has 0 aliphatic carbocycles. The summed E-state index contributed by atoms with van der Waals surface area (Å²) >= 11 is 0. The Labute approximate surface area is 127 Å². The van der Waals surface area contributed by atoms with Crippen molar-refractivity contribution in [2.24, 2.45) is 5.92 Å². The van der Waals surface area contributed by atoms with Crippen LogP contribution in [0.25, 0.3) is 0 Å². The molecule has 0 saturated carbocycles. The summed E-state index contributed by atoms with van der Waals surface area (Å²) in [5, 5.41) is 3.16. The van der Waals surface area contributed by atoms with Crippen LogP contribution in [0, 0.1) is 5.92 Å². The standard InChI is InChI=1S/C14H25N3O2.ClH/c1-15-9-12-6-8-17(10-12)14(19)11-16-7-4-2-3-5-13(16)18;/h12,15H,2-11H2,1H3;1H. The molecule has 0 aromatic heterocycles. The molecule has 5 nitrogen and oxygen atoms in total. The van der Waals surface area contributed by atoms with Gasteiger partial charge in [-0.2, -0.15) is 0 Å². The Kier molecular flexibility index (Phi) is 7.30. The Morgan fingerprint density at radius 2 is 2.10 bits per heavy atom. The highest BCUT2D eigenvalue weighted by atomic mass is 35.5. The third-order valence-electron chi connectivity index (χ3n) is 4.13. The molecule has 2 heterocycles. The molecule has 0 spiro atoms. The molecule has 20 heavy (non-hydrogen) atoms. The molecule has 0 aromatic carbocycles. The van der Waals surface area contributed by atoms with Crippen molar-refractivity contribution in [3.8, 4) is 0 Å². The maximum atomic E-state index is 12.2. The minimum Gasteiger partial charge on any atom is -0.341 e. The van der Waals surface area contributed by atoms with Gasteiger partial charge in [-0.25, -0.2) is 0 Å². The normalized spacial score (nSPS) is 23.4. The van der Waals surface area contributed by atoms with Crippen LogP contribution >= 0.6 is 12.4 Å². The zero-order valence-electron chi connectivity index (χ0n) is 12.3. The van der Waals surface area contributed by atoms with Crippen LogP contribution in [0.15, 0.2) is 0 Å². The van der Waals surface area contributed by atoms with Crippen LogP contribution in [0.3, 0.4) is 0 Å². The molecule has 0 aromatic rings. The van der Waals surface area contributed by atoms with Gasteiger partial charge < -0.3 is 15.1 Å². The third kappa shape index (κ3) is 4.63. The lowest BCUT2D eigenvalue weighted by Crippen LogP contribution is -2.42. The smallest absolute Gasteiger partial charge is 0.242 e. The Morgan fingerprint density at radius 1 is 1.30 bits per heavy atom. The number of likely N-dealkylation sites (tertiary alicyclic amines) is 2. The van der Waals surface area contributed by atoms with E-state index in [1.54, 1.807) is 4.90 Å². The lowest BCUT2D eigenvalue weighted by molar-refractivity contribution is -0.139. The first-order valence-corrected chi connectivity index (χ1v) is 7.41. The number of hydrogen-bond acceptors (Lipinski definition) is 3. The molecule has 2 amide bonds. The van der Waals surface area contributed by atoms with Gasteiger partial charge in [-0.05, 0) is 38.8 Å². The molecule has 1 unspecified atom stereocenters. The second-order valence-corrected chi connectivity index (χ2v) is 5.68. The van der Waals surface area contributed by atoms with E-state index in [0.29, 0.717) is 12.3 Å². The lowest BCUT2D eigenvalue weighted by atomic mass is 10.1. The minimum absolute atomic E-state index is 0. The van der Waals surface area contributed by atoms with Gasteiger partial charge in [0.15, 0.2) is 0 Å². The molecule has 2 aliphatic heterocycles. The first-order chi connectivity index (χ1) is 9.20. The van der Waals surface area contributed by atoms with Crippen molar-refractivity contribution in [3.05, 3.63) is 0 Å². The first kappa shape index (κ1) is 17.2. The summed E-state index contributed by atoms with van der Waals surface area (Å²) in [6.07, 6.45) is 4.78. The fourth-order valence-electron chi connectivity index (χ4n) is 2.98. The number of nitrogens with one attached hydrogen (secondary N) is 1. The molecule has 0 bridgehead atoms. The van der Waals surface area contributed by atoms with Crippen LogP contribution in [0.1, 0.15) is 32.1 Å². The van der Waals surface area contributed by atoms with Crippen LogP contribution < -0.4 is 5.32 Å². The number of hydrogen-bond donors (Lipinski definition) is 1. The number of carbonyl (C=O) groups is 2. The number of nitrogens with zero attached hydrogens (tertiary/aromatic N) is 2. The summed E-state index contributed by atoms with van der Waals surface area (Å²) in [4.78, 5) is 27.8. The summed E-state index contributed by atoms with van der Waals surface area (Å²) in [7, 11) is 1.94. The number of rotatable bonds is 4. The quantitative estimate of drug-likeness (QED) is 0.839. The SMILES string of the molecule is CNCC1CCN(C(=O)CN2CCCCCC2=O)C1.Cl. The van der Waals surface area contributed by atoms with E-state index in [0.717, 1.165) is 51.9 Å². The van der Waals surface area contributed by atoms with Gasteiger partial charge in [0, 0.05) is 26.1 Å². The van der Waals surface area contributed by atoms with Crippen molar-refractivity contribution >= 4 is 24.2 Å². The fourth-order valence-corrected chi connectivity index (χ4v) is 2.98. The van der Waals surface area contributed by atoms with Crippen LogP contribution in [0.2, 0.25) is 0 Å². The minimum atomic E-state index is 0. The molecule has 6 heteroatoms. The van der Waals surface area contributed by atoms with Crippen LogP contribution in [0.4, 0.5) is 0 Å². The highest BCUT2D eigenvalue weighted by Crippen LogP contribution is 2.17. The average molecular weight is 304 g/mol. The van der Waals surface area contributed by atoms with E-state index in [1.807, 2.05) is 11.9 Å². The molecular formula is C14H26ClN3O2. The molecular weight excluding hydrogens is 278 g/mol.